The van der Waals surface area contributed by atoms with Gasteiger partial charge in [0.05, 0.1) is 11.9 Å². The Labute approximate surface area is 108 Å². The van der Waals surface area contributed by atoms with E-state index in [1.54, 1.807) is 4.90 Å². The second-order valence-electron chi connectivity index (χ2n) is 4.60. The number of nitrogens with one attached hydrogen (secondary N) is 1. The average Bonchev–Trinajstić information content (AvgIpc) is 2.78. The molecule has 18 heavy (non-hydrogen) atoms. The van der Waals surface area contributed by atoms with Crippen LogP contribution in [0.2, 0.25) is 0 Å². The second-order valence-corrected chi connectivity index (χ2v) is 6.71. The van der Waals surface area contributed by atoms with Gasteiger partial charge in [0.25, 0.3) is 0 Å². The van der Waals surface area contributed by atoms with E-state index in [2.05, 4.69) is 5.32 Å². The van der Waals surface area contributed by atoms with Crippen LogP contribution < -0.4 is 5.32 Å². The fourth-order valence-electron chi connectivity index (χ4n) is 1.97. The van der Waals surface area contributed by atoms with E-state index in [-0.39, 0.29) is 18.2 Å². The van der Waals surface area contributed by atoms with E-state index in [9.17, 15) is 18.3 Å². The molecular weight excluding hydrogens is 256 g/mol. The molecule has 1 atom stereocenters. The normalized spacial score (nSPS) is 18.0. The van der Waals surface area contributed by atoms with Gasteiger partial charge in [-0.1, -0.05) is 6.92 Å². The Balaban J connectivity index is 2.40. The monoisotopic (exact) mass is 278 g/mol. The lowest BCUT2D eigenvalue weighted by Gasteiger charge is -2.16. The first-order valence-corrected chi connectivity index (χ1v) is 8.13. The fraction of sp³-hybridized carbons (Fsp3) is 0.909. The predicted molar refractivity (Wildman–Crippen MR) is 69.0 cm³/mol. The van der Waals surface area contributed by atoms with Crippen LogP contribution in [0.3, 0.4) is 0 Å². The van der Waals surface area contributed by atoms with Crippen LogP contribution in [-0.2, 0) is 14.6 Å². The van der Waals surface area contributed by atoms with Crippen molar-refractivity contribution >= 4 is 15.7 Å². The van der Waals surface area contributed by atoms with Gasteiger partial charge in [-0.2, -0.15) is 0 Å². The molecule has 0 bridgehead atoms. The molecule has 6 nitrogen and oxygen atoms in total. The maximum Gasteiger partial charge on any atom is 0.237 e. The van der Waals surface area contributed by atoms with Gasteiger partial charge in [-0.05, 0) is 19.4 Å². The fourth-order valence-corrected chi connectivity index (χ4v) is 3.35. The van der Waals surface area contributed by atoms with Crippen LogP contribution in [0.5, 0.6) is 0 Å². The van der Waals surface area contributed by atoms with Gasteiger partial charge in [0.15, 0.2) is 9.84 Å². The molecule has 1 amide bonds. The standard InChI is InChI=1S/C11H22N2O4S/c1-2-12-7-10(14)8-18(16,17)9-11(15)13-5-3-4-6-13/h10,12,14H,2-9H2,1H3. The van der Waals surface area contributed by atoms with Crippen molar-refractivity contribution in [3.63, 3.8) is 0 Å². The van der Waals surface area contributed by atoms with Gasteiger partial charge in [0, 0.05) is 19.6 Å². The van der Waals surface area contributed by atoms with Crippen LogP contribution in [0.1, 0.15) is 19.8 Å². The molecule has 0 aromatic heterocycles. The number of likely N-dealkylation sites (tertiary alicyclic amines) is 1. The largest absolute Gasteiger partial charge is 0.391 e. The zero-order valence-electron chi connectivity index (χ0n) is 10.8. The molecule has 1 heterocycles. The average molecular weight is 278 g/mol. The lowest BCUT2D eigenvalue weighted by molar-refractivity contribution is -0.127. The number of carbonyl (C=O) groups excluding carboxylic acids is 1. The van der Waals surface area contributed by atoms with Crippen LogP contribution in [0, 0.1) is 0 Å². The van der Waals surface area contributed by atoms with Crippen molar-refractivity contribution in [2.45, 2.75) is 25.9 Å². The van der Waals surface area contributed by atoms with Crippen molar-refractivity contribution in [3.05, 3.63) is 0 Å². The lowest BCUT2D eigenvalue weighted by Crippen LogP contribution is -2.38. The molecule has 2 N–H and O–H groups in total. The molecule has 1 fully saturated rings. The SMILES string of the molecule is CCNCC(O)CS(=O)(=O)CC(=O)N1CCCC1. The number of aliphatic hydroxyl groups is 1. The van der Waals surface area contributed by atoms with Crippen LogP contribution in [0.25, 0.3) is 0 Å². The third-order valence-electron chi connectivity index (χ3n) is 2.88. The van der Waals surface area contributed by atoms with Crippen LogP contribution in [-0.4, -0.2) is 68.1 Å². The van der Waals surface area contributed by atoms with E-state index in [1.165, 1.54) is 0 Å². The number of amides is 1. The smallest absolute Gasteiger partial charge is 0.237 e. The van der Waals surface area contributed by atoms with E-state index >= 15 is 0 Å². The number of hydrogen-bond donors (Lipinski definition) is 2. The van der Waals surface area contributed by atoms with Crippen molar-refractivity contribution in [1.29, 1.82) is 0 Å². The molecule has 1 aliphatic heterocycles. The Kier molecular flexibility index (Phi) is 6.04. The van der Waals surface area contributed by atoms with Gasteiger partial charge in [-0.3, -0.25) is 4.79 Å². The maximum atomic E-state index is 11.7. The van der Waals surface area contributed by atoms with Gasteiger partial charge >= 0.3 is 0 Å². The number of nitrogens with zero attached hydrogens (tertiary/aromatic N) is 1. The zero-order valence-corrected chi connectivity index (χ0v) is 11.6. The molecule has 7 heteroatoms. The van der Waals surface area contributed by atoms with Gasteiger partial charge in [-0.25, -0.2) is 8.42 Å². The molecule has 0 radical (unpaired) electrons. The summed E-state index contributed by atoms with van der Waals surface area (Å²) in [5.41, 5.74) is 0. The number of carbonyl (C=O) groups is 1. The molecule has 0 aromatic carbocycles. The third-order valence-corrected chi connectivity index (χ3v) is 4.46. The summed E-state index contributed by atoms with van der Waals surface area (Å²) in [5.74, 6) is -1.20. The Morgan fingerprint density at radius 3 is 2.56 bits per heavy atom. The summed E-state index contributed by atoms with van der Waals surface area (Å²) in [6.45, 7) is 4.07. The van der Waals surface area contributed by atoms with E-state index < -0.39 is 21.7 Å². The van der Waals surface area contributed by atoms with Gasteiger partial charge in [-0.15, -0.1) is 0 Å². The molecule has 106 valence electrons. The maximum absolute atomic E-state index is 11.7. The number of rotatable bonds is 7. The van der Waals surface area contributed by atoms with E-state index in [0.717, 1.165) is 12.8 Å². The van der Waals surface area contributed by atoms with Crippen molar-refractivity contribution < 1.29 is 18.3 Å². The quantitative estimate of drug-likeness (QED) is 0.623. The molecule has 0 aliphatic carbocycles. The summed E-state index contributed by atoms with van der Waals surface area (Å²) in [6, 6.07) is 0. The summed E-state index contributed by atoms with van der Waals surface area (Å²) < 4.78 is 23.5. The predicted octanol–water partition coefficient (Wildman–Crippen LogP) is -1.01. The third kappa shape index (κ3) is 5.32. The van der Waals surface area contributed by atoms with E-state index in [4.69, 9.17) is 0 Å². The first kappa shape index (κ1) is 15.4. The number of hydrogen-bond acceptors (Lipinski definition) is 5. The lowest BCUT2D eigenvalue weighted by atomic mass is 10.4. The molecule has 1 unspecified atom stereocenters. The van der Waals surface area contributed by atoms with Gasteiger partial charge in [0.2, 0.25) is 5.91 Å². The van der Waals surface area contributed by atoms with Crippen LogP contribution in [0.4, 0.5) is 0 Å². The van der Waals surface area contributed by atoms with Gasteiger partial charge in [0.1, 0.15) is 5.75 Å². The Morgan fingerprint density at radius 2 is 2.00 bits per heavy atom. The first-order chi connectivity index (χ1) is 8.44. The second kappa shape index (κ2) is 7.06. The topological polar surface area (TPSA) is 86.7 Å². The summed E-state index contributed by atoms with van der Waals surface area (Å²) in [5, 5.41) is 12.4. The van der Waals surface area contributed by atoms with E-state index in [0.29, 0.717) is 19.6 Å². The summed E-state index contributed by atoms with van der Waals surface area (Å²) >= 11 is 0. The summed E-state index contributed by atoms with van der Waals surface area (Å²) in [7, 11) is -3.53. The van der Waals surface area contributed by atoms with Crippen LogP contribution in [0.15, 0.2) is 0 Å². The van der Waals surface area contributed by atoms with E-state index in [1.807, 2.05) is 6.92 Å². The number of sulfone groups is 1. The van der Waals surface area contributed by atoms with Gasteiger partial charge < -0.3 is 15.3 Å². The zero-order chi connectivity index (χ0) is 13.6. The van der Waals surface area contributed by atoms with Crippen molar-refractivity contribution in [2.75, 3.05) is 37.7 Å². The number of aliphatic hydroxyl groups excluding tert-OH is 1. The molecule has 0 saturated carbocycles. The Bertz CT molecular complexity index is 363. The Morgan fingerprint density at radius 1 is 1.39 bits per heavy atom. The molecule has 1 aliphatic rings. The minimum absolute atomic E-state index is 0.230. The summed E-state index contributed by atoms with van der Waals surface area (Å²) in [6.07, 6.45) is 0.922. The number of likely N-dealkylation sites (N-methyl/N-ethyl adjacent to an activating group) is 1. The minimum Gasteiger partial charge on any atom is -0.391 e. The molecule has 0 aromatic rings. The van der Waals surface area contributed by atoms with Crippen LogP contribution >= 0.6 is 0 Å². The highest BCUT2D eigenvalue weighted by Crippen LogP contribution is 2.09. The molecule has 0 spiro atoms. The Hall–Kier alpha value is -0.660. The highest BCUT2D eigenvalue weighted by Gasteiger charge is 2.25. The molecule has 1 saturated heterocycles. The molecular formula is C11H22N2O4S. The molecule has 1 rings (SSSR count). The minimum atomic E-state index is -3.53. The van der Waals surface area contributed by atoms with Crippen molar-refractivity contribution in [1.82, 2.24) is 10.2 Å². The first-order valence-electron chi connectivity index (χ1n) is 6.31. The highest BCUT2D eigenvalue weighted by atomic mass is 32.2. The summed E-state index contributed by atoms with van der Waals surface area (Å²) in [4.78, 5) is 13.3. The van der Waals surface area contributed by atoms with Crippen molar-refractivity contribution in [2.24, 2.45) is 0 Å². The highest BCUT2D eigenvalue weighted by molar-refractivity contribution is 7.92. The van der Waals surface area contributed by atoms with Crippen molar-refractivity contribution in [3.8, 4) is 0 Å².